The maximum atomic E-state index is 6.21. The van der Waals surface area contributed by atoms with Gasteiger partial charge in [0.2, 0.25) is 0 Å². The quantitative estimate of drug-likeness (QED) is 0.905. The van der Waals surface area contributed by atoms with Crippen LogP contribution < -0.4 is 10.5 Å². The number of hydrogen-bond donors (Lipinski definition) is 1. The van der Waals surface area contributed by atoms with Crippen LogP contribution in [0.15, 0.2) is 29.8 Å². The lowest BCUT2D eigenvalue weighted by atomic mass is 10.1. The minimum atomic E-state index is -0.0569. The first kappa shape index (κ1) is 12.1. The van der Waals surface area contributed by atoms with E-state index in [4.69, 9.17) is 10.5 Å². The molecule has 0 fully saturated rings. The number of aryl methyl sites for hydroxylation is 1. The maximum Gasteiger partial charge on any atom is 0.134 e. The summed E-state index contributed by atoms with van der Waals surface area (Å²) in [4.78, 5) is 5.45. The summed E-state index contributed by atoms with van der Waals surface area (Å²) in [5, 5.41) is 2.00. The first-order valence-corrected chi connectivity index (χ1v) is 6.37. The van der Waals surface area contributed by atoms with Crippen LogP contribution in [0.3, 0.4) is 0 Å². The van der Waals surface area contributed by atoms with Crippen LogP contribution in [-0.4, -0.2) is 12.1 Å². The first-order chi connectivity index (χ1) is 8.22. The SMILES string of the molecule is COc1ccsc1C(N)Cc1ncccc1C. The molecule has 0 bridgehead atoms. The zero-order valence-corrected chi connectivity index (χ0v) is 10.8. The van der Waals surface area contributed by atoms with Gasteiger partial charge in [0.1, 0.15) is 5.75 Å². The van der Waals surface area contributed by atoms with Crippen molar-refractivity contribution in [1.29, 1.82) is 0 Å². The molecular weight excluding hydrogens is 232 g/mol. The van der Waals surface area contributed by atoms with Gasteiger partial charge in [-0.25, -0.2) is 0 Å². The molecule has 0 aromatic carbocycles. The van der Waals surface area contributed by atoms with Crippen LogP contribution in [0.2, 0.25) is 0 Å². The first-order valence-electron chi connectivity index (χ1n) is 5.50. The van der Waals surface area contributed by atoms with Gasteiger partial charge >= 0.3 is 0 Å². The number of methoxy groups -OCH3 is 1. The third kappa shape index (κ3) is 2.65. The summed E-state index contributed by atoms with van der Waals surface area (Å²) in [6, 6.07) is 5.89. The van der Waals surface area contributed by atoms with Gasteiger partial charge in [-0.05, 0) is 30.0 Å². The third-order valence-electron chi connectivity index (χ3n) is 2.75. The summed E-state index contributed by atoms with van der Waals surface area (Å²) in [5.41, 5.74) is 8.44. The van der Waals surface area contributed by atoms with Crippen molar-refractivity contribution in [2.24, 2.45) is 5.73 Å². The maximum absolute atomic E-state index is 6.21. The highest BCUT2D eigenvalue weighted by molar-refractivity contribution is 7.10. The molecule has 2 rings (SSSR count). The smallest absolute Gasteiger partial charge is 0.134 e. The van der Waals surface area contributed by atoms with E-state index in [0.29, 0.717) is 0 Å². The number of pyridine rings is 1. The number of hydrogen-bond acceptors (Lipinski definition) is 4. The number of nitrogens with zero attached hydrogens (tertiary/aromatic N) is 1. The van der Waals surface area contributed by atoms with Crippen LogP contribution in [0.1, 0.15) is 22.2 Å². The van der Waals surface area contributed by atoms with Gasteiger partial charge in [-0.1, -0.05) is 6.07 Å². The molecule has 0 saturated carbocycles. The fourth-order valence-corrected chi connectivity index (χ4v) is 2.65. The van der Waals surface area contributed by atoms with E-state index in [-0.39, 0.29) is 6.04 Å². The highest BCUT2D eigenvalue weighted by atomic mass is 32.1. The van der Waals surface area contributed by atoms with Crippen molar-refractivity contribution in [2.75, 3.05) is 7.11 Å². The topological polar surface area (TPSA) is 48.1 Å². The molecular formula is C13H16N2OS. The number of nitrogens with two attached hydrogens (primary N) is 1. The van der Waals surface area contributed by atoms with Gasteiger partial charge in [0.25, 0.3) is 0 Å². The Morgan fingerprint density at radius 3 is 3.00 bits per heavy atom. The minimum Gasteiger partial charge on any atom is -0.496 e. The molecule has 2 aromatic rings. The average molecular weight is 248 g/mol. The number of aromatic nitrogens is 1. The Labute approximate surface area is 105 Å². The normalized spacial score (nSPS) is 12.4. The zero-order chi connectivity index (χ0) is 12.3. The Bertz CT molecular complexity index is 496. The predicted octanol–water partition coefficient (Wildman–Crippen LogP) is 2.70. The second-order valence-corrected chi connectivity index (χ2v) is 4.88. The molecule has 0 aliphatic heterocycles. The standard InChI is InChI=1S/C13H16N2OS/c1-9-4-3-6-15-11(9)8-10(14)13-12(16-2)5-7-17-13/h3-7,10H,8,14H2,1-2H3. The summed E-state index contributed by atoms with van der Waals surface area (Å²) >= 11 is 1.63. The number of rotatable bonds is 4. The van der Waals surface area contributed by atoms with E-state index in [1.807, 2.05) is 17.5 Å². The molecule has 90 valence electrons. The Morgan fingerprint density at radius 1 is 1.47 bits per heavy atom. The largest absolute Gasteiger partial charge is 0.496 e. The van der Waals surface area contributed by atoms with E-state index >= 15 is 0 Å². The second-order valence-electron chi connectivity index (χ2n) is 3.93. The fraction of sp³-hybridized carbons (Fsp3) is 0.308. The van der Waals surface area contributed by atoms with Gasteiger partial charge in [0.15, 0.2) is 0 Å². The van der Waals surface area contributed by atoms with Crippen LogP contribution in [0.4, 0.5) is 0 Å². The summed E-state index contributed by atoms with van der Waals surface area (Å²) in [6.07, 6.45) is 2.55. The Balaban J connectivity index is 2.17. The van der Waals surface area contributed by atoms with Gasteiger partial charge < -0.3 is 10.5 Å². The van der Waals surface area contributed by atoms with Crippen molar-refractivity contribution in [2.45, 2.75) is 19.4 Å². The lowest BCUT2D eigenvalue weighted by Crippen LogP contribution is -2.14. The van der Waals surface area contributed by atoms with Gasteiger partial charge in [0.05, 0.1) is 12.0 Å². The predicted molar refractivity (Wildman–Crippen MR) is 70.5 cm³/mol. The molecule has 2 heterocycles. The van der Waals surface area contributed by atoms with Crippen molar-refractivity contribution in [3.8, 4) is 5.75 Å². The van der Waals surface area contributed by atoms with Crippen LogP contribution in [0, 0.1) is 6.92 Å². The monoisotopic (exact) mass is 248 g/mol. The van der Waals surface area contributed by atoms with Crippen molar-refractivity contribution in [3.63, 3.8) is 0 Å². The summed E-state index contributed by atoms with van der Waals surface area (Å²) in [5.74, 6) is 0.871. The van der Waals surface area contributed by atoms with Gasteiger partial charge in [-0.15, -0.1) is 11.3 Å². The minimum absolute atomic E-state index is 0.0569. The summed E-state index contributed by atoms with van der Waals surface area (Å²) in [6.45, 7) is 2.06. The van der Waals surface area contributed by atoms with Gasteiger partial charge in [-0.2, -0.15) is 0 Å². The summed E-state index contributed by atoms with van der Waals surface area (Å²) in [7, 11) is 1.67. The lowest BCUT2D eigenvalue weighted by molar-refractivity contribution is 0.408. The molecule has 4 heteroatoms. The molecule has 2 aromatic heterocycles. The molecule has 0 aliphatic carbocycles. The lowest BCUT2D eigenvalue weighted by Gasteiger charge is -2.12. The Morgan fingerprint density at radius 2 is 2.29 bits per heavy atom. The Hall–Kier alpha value is -1.39. The third-order valence-corrected chi connectivity index (χ3v) is 3.78. The average Bonchev–Trinajstić information content (AvgIpc) is 2.80. The van der Waals surface area contributed by atoms with Crippen LogP contribution in [-0.2, 0) is 6.42 Å². The van der Waals surface area contributed by atoms with Crippen LogP contribution >= 0.6 is 11.3 Å². The molecule has 0 aliphatic rings. The molecule has 0 spiro atoms. The second kappa shape index (κ2) is 5.29. The van der Waals surface area contributed by atoms with Crippen molar-refractivity contribution in [1.82, 2.24) is 4.98 Å². The van der Waals surface area contributed by atoms with Crippen LogP contribution in [0.5, 0.6) is 5.75 Å². The molecule has 1 atom stereocenters. The molecule has 0 saturated heterocycles. The highest BCUT2D eigenvalue weighted by Gasteiger charge is 2.15. The van der Waals surface area contributed by atoms with Crippen molar-refractivity contribution in [3.05, 3.63) is 45.9 Å². The van der Waals surface area contributed by atoms with Crippen LogP contribution in [0.25, 0.3) is 0 Å². The molecule has 1 unspecified atom stereocenters. The molecule has 17 heavy (non-hydrogen) atoms. The highest BCUT2D eigenvalue weighted by Crippen LogP contribution is 2.31. The van der Waals surface area contributed by atoms with E-state index in [2.05, 4.69) is 18.0 Å². The van der Waals surface area contributed by atoms with E-state index in [1.54, 1.807) is 24.6 Å². The zero-order valence-electron chi connectivity index (χ0n) is 10.0. The molecule has 0 amide bonds. The van der Waals surface area contributed by atoms with Crippen molar-refractivity contribution >= 4 is 11.3 Å². The van der Waals surface area contributed by atoms with E-state index in [0.717, 1.165) is 22.7 Å². The van der Waals surface area contributed by atoms with Gasteiger partial charge in [0, 0.05) is 24.4 Å². The number of ether oxygens (including phenoxy) is 1. The Kier molecular flexibility index (Phi) is 3.76. The fourth-order valence-electron chi connectivity index (χ4n) is 1.78. The van der Waals surface area contributed by atoms with E-state index < -0.39 is 0 Å². The summed E-state index contributed by atoms with van der Waals surface area (Å²) < 4.78 is 5.28. The van der Waals surface area contributed by atoms with E-state index in [1.165, 1.54) is 5.56 Å². The molecule has 0 radical (unpaired) electrons. The molecule has 3 nitrogen and oxygen atoms in total. The molecule has 2 N–H and O–H groups in total. The number of thiophene rings is 1. The van der Waals surface area contributed by atoms with Crippen molar-refractivity contribution < 1.29 is 4.74 Å². The van der Waals surface area contributed by atoms with Gasteiger partial charge in [-0.3, -0.25) is 4.98 Å². The van der Waals surface area contributed by atoms with E-state index in [9.17, 15) is 0 Å².